The third-order valence-corrected chi connectivity index (χ3v) is 6.53. The lowest BCUT2D eigenvalue weighted by atomic mass is 10.1. The first-order valence-electron chi connectivity index (χ1n) is 8.70. The first-order chi connectivity index (χ1) is 12.9. The van der Waals surface area contributed by atoms with Crippen LogP contribution in [0.15, 0.2) is 41.3 Å². The summed E-state index contributed by atoms with van der Waals surface area (Å²) in [5.41, 5.74) is 2.31. The first kappa shape index (κ1) is 18.1. The molecule has 0 aromatic heterocycles. The standard InChI is InChI=1S/C19H19ClN2O4S/c1-26-18-7-5-15(11-16(18)20)27(24,25)21-14-4-6-17-13(10-14)8-9-22(17)19(23)12-2-3-12/h4-7,10-12,21H,2-3,8-9H2,1H3. The monoisotopic (exact) mass is 406 g/mol. The molecule has 2 aromatic carbocycles. The van der Waals surface area contributed by atoms with E-state index in [2.05, 4.69) is 4.72 Å². The maximum Gasteiger partial charge on any atom is 0.261 e. The van der Waals surface area contributed by atoms with Crippen molar-refractivity contribution in [1.29, 1.82) is 0 Å². The number of hydrogen-bond donors (Lipinski definition) is 1. The fraction of sp³-hybridized carbons (Fsp3) is 0.316. The lowest BCUT2D eigenvalue weighted by Crippen LogP contribution is -2.30. The van der Waals surface area contributed by atoms with Crippen LogP contribution in [0.5, 0.6) is 5.75 Å². The first-order valence-corrected chi connectivity index (χ1v) is 10.6. The number of sulfonamides is 1. The van der Waals surface area contributed by atoms with Gasteiger partial charge in [-0.3, -0.25) is 9.52 Å². The Morgan fingerprint density at radius 2 is 2.00 bits per heavy atom. The van der Waals surface area contributed by atoms with E-state index in [1.54, 1.807) is 12.1 Å². The van der Waals surface area contributed by atoms with Crippen LogP contribution in [0.2, 0.25) is 5.02 Å². The predicted molar refractivity (Wildman–Crippen MR) is 104 cm³/mol. The molecule has 1 heterocycles. The molecule has 8 heteroatoms. The lowest BCUT2D eigenvalue weighted by Gasteiger charge is -2.17. The van der Waals surface area contributed by atoms with Crippen LogP contribution in [-0.2, 0) is 21.2 Å². The highest BCUT2D eigenvalue weighted by Gasteiger charge is 2.36. The highest BCUT2D eigenvalue weighted by atomic mass is 35.5. The minimum atomic E-state index is -3.78. The van der Waals surface area contributed by atoms with E-state index in [0.717, 1.165) is 30.5 Å². The summed E-state index contributed by atoms with van der Waals surface area (Å²) < 4.78 is 32.9. The molecule has 4 rings (SSSR count). The number of amides is 1. The maximum absolute atomic E-state index is 12.6. The van der Waals surface area contributed by atoms with Crippen LogP contribution in [0.1, 0.15) is 18.4 Å². The molecule has 142 valence electrons. The largest absolute Gasteiger partial charge is 0.495 e. The second kappa shape index (κ2) is 6.73. The van der Waals surface area contributed by atoms with E-state index in [9.17, 15) is 13.2 Å². The molecule has 0 unspecified atom stereocenters. The SMILES string of the molecule is COc1ccc(S(=O)(=O)Nc2ccc3c(c2)CCN3C(=O)C2CC2)cc1Cl. The molecule has 0 atom stereocenters. The number of methoxy groups -OCH3 is 1. The Morgan fingerprint density at radius 1 is 1.22 bits per heavy atom. The Hall–Kier alpha value is -2.25. The van der Waals surface area contributed by atoms with Crippen LogP contribution in [-0.4, -0.2) is 28.0 Å². The van der Waals surface area contributed by atoms with E-state index >= 15 is 0 Å². The zero-order valence-corrected chi connectivity index (χ0v) is 16.3. The number of nitrogens with one attached hydrogen (secondary N) is 1. The van der Waals surface area contributed by atoms with Gasteiger partial charge < -0.3 is 9.64 Å². The zero-order valence-electron chi connectivity index (χ0n) is 14.7. The summed E-state index contributed by atoms with van der Waals surface area (Å²) in [7, 11) is -2.31. The zero-order chi connectivity index (χ0) is 19.2. The number of carbonyl (C=O) groups is 1. The van der Waals surface area contributed by atoms with E-state index in [-0.39, 0.29) is 21.7 Å². The van der Waals surface area contributed by atoms with E-state index in [0.29, 0.717) is 18.0 Å². The molecule has 1 amide bonds. The molecule has 0 bridgehead atoms. The minimum Gasteiger partial charge on any atom is -0.495 e. The van der Waals surface area contributed by atoms with Crippen molar-refractivity contribution < 1.29 is 17.9 Å². The Bertz CT molecular complexity index is 1020. The molecule has 2 aromatic rings. The number of fused-ring (bicyclic) bond motifs is 1. The van der Waals surface area contributed by atoms with Crippen LogP contribution < -0.4 is 14.4 Å². The summed E-state index contributed by atoms with van der Waals surface area (Å²) in [6.07, 6.45) is 2.65. The van der Waals surface area contributed by atoms with Gasteiger partial charge in [-0.25, -0.2) is 8.42 Å². The molecular weight excluding hydrogens is 388 g/mol. The van der Waals surface area contributed by atoms with E-state index in [1.807, 2.05) is 11.0 Å². The number of ether oxygens (including phenoxy) is 1. The third kappa shape index (κ3) is 3.49. The number of anilines is 2. The van der Waals surface area contributed by atoms with Gasteiger partial charge in [-0.2, -0.15) is 0 Å². The van der Waals surface area contributed by atoms with Gasteiger partial charge in [0.1, 0.15) is 5.75 Å². The molecule has 1 fully saturated rings. The smallest absolute Gasteiger partial charge is 0.261 e. The summed E-state index contributed by atoms with van der Waals surface area (Å²) in [4.78, 5) is 14.2. The Balaban J connectivity index is 1.56. The minimum absolute atomic E-state index is 0.0549. The quantitative estimate of drug-likeness (QED) is 0.825. The van der Waals surface area contributed by atoms with Crippen molar-refractivity contribution in [3.63, 3.8) is 0 Å². The lowest BCUT2D eigenvalue weighted by molar-refractivity contribution is -0.119. The number of rotatable bonds is 5. The van der Waals surface area contributed by atoms with Crippen molar-refractivity contribution in [1.82, 2.24) is 0 Å². The number of halogens is 1. The van der Waals surface area contributed by atoms with E-state index in [4.69, 9.17) is 16.3 Å². The fourth-order valence-corrected chi connectivity index (χ4v) is 4.67. The molecule has 0 saturated heterocycles. The van der Waals surface area contributed by atoms with Crippen molar-refractivity contribution in [2.75, 3.05) is 23.3 Å². The summed E-state index contributed by atoms with van der Waals surface area (Å²) in [5.74, 6) is 0.748. The summed E-state index contributed by atoms with van der Waals surface area (Å²) in [5, 5.41) is 0.226. The van der Waals surface area contributed by atoms with Gasteiger partial charge >= 0.3 is 0 Å². The van der Waals surface area contributed by atoms with Gasteiger partial charge in [0.2, 0.25) is 5.91 Å². The normalized spacial score (nSPS) is 16.1. The number of hydrogen-bond acceptors (Lipinski definition) is 4. The molecule has 0 radical (unpaired) electrons. The fourth-order valence-electron chi connectivity index (χ4n) is 3.27. The van der Waals surface area contributed by atoms with E-state index in [1.165, 1.54) is 25.3 Å². The Morgan fingerprint density at radius 3 is 2.67 bits per heavy atom. The molecule has 27 heavy (non-hydrogen) atoms. The second-order valence-corrected chi connectivity index (χ2v) is 8.85. The summed E-state index contributed by atoms with van der Waals surface area (Å²) >= 11 is 6.04. The molecule has 1 aliphatic carbocycles. The van der Waals surface area contributed by atoms with Gasteiger partial charge in [0.25, 0.3) is 10.0 Å². The number of benzene rings is 2. The molecule has 1 N–H and O–H groups in total. The summed E-state index contributed by atoms with van der Waals surface area (Å²) in [6.45, 7) is 0.648. The topological polar surface area (TPSA) is 75.7 Å². The van der Waals surface area contributed by atoms with Crippen LogP contribution >= 0.6 is 11.6 Å². The summed E-state index contributed by atoms with van der Waals surface area (Å²) in [6, 6.07) is 9.59. The van der Waals surface area contributed by atoms with Crippen molar-refractivity contribution in [2.24, 2.45) is 5.92 Å². The van der Waals surface area contributed by atoms with Gasteiger partial charge in [0.05, 0.1) is 17.0 Å². The molecule has 2 aliphatic rings. The average Bonchev–Trinajstić information content (AvgIpc) is 3.40. The molecular formula is C19H19ClN2O4S. The highest BCUT2D eigenvalue weighted by Crippen LogP contribution is 2.37. The highest BCUT2D eigenvalue weighted by molar-refractivity contribution is 7.92. The van der Waals surface area contributed by atoms with Gasteiger partial charge in [0.15, 0.2) is 0 Å². The number of carbonyl (C=O) groups excluding carboxylic acids is 1. The van der Waals surface area contributed by atoms with Crippen molar-refractivity contribution >= 4 is 38.9 Å². The van der Waals surface area contributed by atoms with Crippen LogP contribution in [0.4, 0.5) is 11.4 Å². The van der Waals surface area contributed by atoms with Crippen molar-refractivity contribution in [2.45, 2.75) is 24.2 Å². The van der Waals surface area contributed by atoms with Gasteiger partial charge in [-0.1, -0.05) is 11.6 Å². The molecule has 6 nitrogen and oxygen atoms in total. The van der Waals surface area contributed by atoms with Crippen LogP contribution in [0, 0.1) is 5.92 Å². The molecule has 1 saturated carbocycles. The maximum atomic E-state index is 12.6. The Labute approximate surface area is 163 Å². The average molecular weight is 407 g/mol. The van der Waals surface area contributed by atoms with E-state index < -0.39 is 10.0 Å². The third-order valence-electron chi connectivity index (χ3n) is 4.85. The molecule has 1 aliphatic heterocycles. The van der Waals surface area contributed by atoms with Crippen molar-refractivity contribution in [3.05, 3.63) is 47.0 Å². The molecule has 0 spiro atoms. The predicted octanol–water partition coefficient (Wildman–Crippen LogP) is 3.45. The number of nitrogens with zero attached hydrogens (tertiary/aromatic N) is 1. The second-order valence-electron chi connectivity index (χ2n) is 6.76. The van der Waals surface area contributed by atoms with Gasteiger partial charge in [-0.15, -0.1) is 0 Å². The van der Waals surface area contributed by atoms with Gasteiger partial charge in [0, 0.05) is 23.8 Å². The van der Waals surface area contributed by atoms with Gasteiger partial charge in [-0.05, 0) is 61.2 Å². The van der Waals surface area contributed by atoms with Crippen LogP contribution in [0.25, 0.3) is 0 Å². The van der Waals surface area contributed by atoms with Crippen LogP contribution in [0.3, 0.4) is 0 Å². The van der Waals surface area contributed by atoms with Crippen molar-refractivity contribution in [3.8, 4) is 5.75 Å². The Kier molecular flexibility index (Phi) is 4.52.